The van der Waals surface area contributed by atoms with Gasteiger partial charge in [0.2, 0.25) is 0 Å². The smallest absolute Gasteiger partial charge is 0.253 e. The Labute approximate surface area is 275 Å². The van der Waals surface area contributed by atoms with Gasteiger partial charge in [0.1, 0.15) is 0 Å². The molecule has 1 amide bonds. The fraction of sp³-hybridized carbons (Fsp3) is 0.595. The van der Waals surface area contributed by atoms with E-state index in [2.05, 4.69) is 53.1 Å². The minimum Gasteiger partial charge on any atom is -0.395 e. The highest BCUT2D eigenvalue weighted by Gasteiger charge is 2.25. The molecule has 3 heterocycles. The molecule has 2 aliphatic heterocycles. The fourth-order valence-electron chi connectivity index (χ4n) is 6.65. The molecular weight excluding hydrogens is 578 g/mol. The maximum atomic E-state index is 13.8. The van der Waals surface area contributed by atoms with Gasteiger partial charge < -0.3 is 29.9 Å². The minimum atomic E-state index is -0.198. The molecule has 9 heteroatoms. The van der Waals surface area contributed by atoms with Gasteiger partial charge in [-0.05, 0) is 112 Å². The molecule has 2 aromatic rings. The molecule has 252 valence electrons. The van der Waals surface area contributed by atoms with Crippen LogP contribution in [0.1, 0.15) is 90.7 Å². The van der Waals surface area contributed by atoms with E-state index in [4.69, 9.17) is 9.73 Å². The summed E-state index contributed by atoms with van der Waals surface area (Å²) in [7, 11) is 2.11. The van der Waals surface area contributed by atoms with Crippen LogP contribution in [-0.2, 0) is 11.3 Å². The van der Waals surface area contributed by atoms with E-state index in [1.165, 1.54) is 0 Å². The molecule has 1 fully saturated rings. The Morgan fingerprint density at radius 3 is 2.57 bits per heavy atom. The molecule has 46 heavy (non-hydrogen) atoms. The highest BCUT2D eigenvalue weighted by Crippen LogP contribution is 2.33. The normalized spacial score (nSPS) is 17.7. The van der Waals surface area contributed by atoms with Gasteiger partial charge in [0, 0.05) is 68.1 Å². The van der Waals surface area contributed by atoms with Crippen LogP contribution in [0.2, 0.25) is 0 Å². The zero-order valence-corrected chi connectivity index (χ0v) is 28.8. The summed E-state index contributed by atoms with van der Waals surface area (Å²) in [6.45, 7) is 14.8. The first kappa shape index (κ1) is 35.6. The topological polar surface area (TPSA) is 110 Å². The maximum Gasteiger partial charge on any atom is 0.253 e. The van der Waals surface area contributed by atoms with E-state index in [0.29, 0.717) is 23.1 Å². The van der Waals surface area contributed by atoms with E-state index >= 15 is 0 Å². The van der Waals surface area contributed by atoms with E-state index in [1.54, 1.807) is 0 Å². The van der Waals surface area contributed by atoms with Gasteiger partial charge in [0.25, 0.3) is 11.5 Å². The lowest BCUT2D eigenvalue weighted by atomic mass is 9.90. The first-order valence-electron chi connectivity index (χ1n) is 17.1. The minimum absolute atomic E-state index is 0.160. The lowest BCUT2D eigenvalue weighted by Crippen LogP contribution is -2.37. The molecule has 2 atom stereocenters. The summed E-state index contributed by atoms with van der Waals surface area (Å²) >= 11 is 0. The Balaban J connectivity index is 1.55. The number of pyridine rings is 1. The van der Waals surface area contributed by atoms with E-state index in [-0.39, 0.29) is 30.7 Å². The van der Waals surface area contributed by atoms with Crippen LogP contribution < -0.4 is 15.8 Å². The van der Waals surface area contributed by atoms with E-state index in [1.807, 2.05) is 39.1 Å². The highest BCUT2D eigenvalue weighted by atomic mass is 16.5. The van der Waals surface area contributed by atoms with Gasteiger partial charge >= 0.3 is 0 Å². The van der Waals surface area contributed by atoms with Gasteiger partial charge in [0.05, 0.1) is 12.6 Å². The van der Waals surface area contributed by atoms with Crippen LogP contribution in [0.3, 0.4) is 0 Å². The van der Waals surface area contributed by atoms with Gasteiger partial charge in [-0.2, -0.15) is 0 Å². The molecule has 1 aromatic carbocycles. The SMILES string of the molecule is CCCCN(CCO)CCC(C)C1CC=C(c2cc(C(=O)NCc3c(C)cc(C)[nH]c3=O)c(C)c(N(C)C3CCOCC3)c2)C=N1. The van der Waals surface area contributed by atoms with Crippen LogP contribution in [0.4, 0.5) is 5.69 Å². The van der Waals surface area contributed by atoms with Crippen LogP contribution in [-0.4, -0.2) is 85.7 Å². The zero-order chi connectivity index (χ0) is 33.2. The van der Waals surface area contributed by atoms with Crippen molar-refractivity contribution in [3.05, 3.63) is 68.1 Å². The Kier molecular flexibility index (Phi) is 13.2. The summed E-state index contributed by atoms with van der Waals surface area (Å²) in [6.07, 6.45) is 10.3. The standard InChI is InChI=1S/C37H55N5O4/c1-7-8-14-42(16-17-43)15-11-25(2)34-10-9-29(23-38-34)30-21-32(28(5)35(22-30)41(6)31-12-18-46-19-13-31)36(44)39-24-33-26(3)20-27(4)40-37(33)45/h9,20-23,25,31,34,43H,7-8,10-19,24H2,1-6H3,(H,39,44)(H,40,45). The predicted molar refractivity (Wildman–Crippen MR) is 188 cm³/mol. The second kappa shape index (κ2) is 17.0. The van der Waals surface area contributed by atoms with Crippen molar-refractivity contribution in [2.24, 2.45) is 10.9 Å². The van der Waals surface area contributed by atoms with Crippen molar-refractivity contribution in [2.45, 2.75) is 91.8 Å². The average molecular weight is 634 g/mol. The molecule has 0 aliphatic carbocycles. The lowest BCUT2D eigenvalue weighted by Gasteiger charge is -2.34. The molecule has 9 nitrogen and oxygen atoms in total. The third kappa shape index (κ3) is 9.17. The number of rotatable bonds is 15. The number of carbonyl (C=O) groups is 1. The number of aromatic amines is 1. The van der Waals surface area contributed by atoms with E-state index in [0.717, 1.165) is 105 Å². The summed E-state index contributed by atoms with van der Waals surface area (Å²) in [5, 5.41) is 12.5. The first-order chi connectivity index (χ1) is 22.1. The molecule has 2 aliphatic rings. The molecule has 3 N–H and O–H groups in total. The maximum absolute atomic E-state index is 13.8. The van der Waals surface area contributed by atoms with Crippen molar-refractivity contribution < 1.29 is 14.6 Å². The summed E-state index contributed by atoms with van der Waals surface area (Å²) in [6, 6.07) is 6.63. The number of nitrogens with one attached hydrogen (secondary N) is 2. The third-order valence-electron chi connectivity index (χ3n) is 9.78. The van der Waals surface area contributed by atoms with E-state index in [9.17, 15) is 14.7 Å². The largest absolute Gasteiger partial charge is 0.395 e. The lowest BCUT2D eigenvalue weighted by molar-refractivity contribution is 0.0854. The number of aliphatic hydroxyl groups excluding tert-OH is 1. The van der Waals surface area contributed by atoms with Crippen molar-refractivity contribution in [2.75, 3.05) is 51.4 Å². The number of aromatic nitrogens is 1. The number of nitrogens with zero attached hydrogens (tertiary/aromatic N) is 3. The second-order valence-corrected chi connectivity index (χ2v) is 13.2. The number of hydrogen-bond donors (Lipinski definition) is 3. The van der Waals surface area contributed by atoms with E-state index < -0.39 is 0 Å². The van der Waals surface area contributed by atoms with Gasteiger partial charge in [0.15, 0.2) is 0 Å². The highest BCUT2D eigenvalue weighted by molar-refractivity contribution is 6.12. The molecule has 0 saturated carbocycles. The number of unbranched alkanes of at least 4 members (excludes halogenated alkanes) is 1. The number of amides is 1. The molecule has 0 spiro atoms. The first-order valence-corrected chi connectivity index (χ1v) is 17.1. The molecule has 0 bridgehead atoms. The number of dihydropyridines is 1. The number of aliphatic imine (C=N–C) groups is 1. The number of H-pyrrole nitrogens is 1. The summed E-state index contributed by atoms with van der Waals surface area (Å²) in [5.41, 5.74) is 6.61. The number of benzene rings is 1. The number of carbonyl (C=O) groups excluding carboxylic acids is 1. The quantitative estimate of drug-likeness (QED) is 0.249. The Morgan fingerprint density at radius 1 is 1.15 bits per heavy atom. The van der Waals surface area contributed by atoms with Crippen LogP contribution in [0, 0.1) is 26.7 Å². The number of aliphatic hydroxyl groups is 1. The monoisotopic (exact) mass is 633 g/mol. The number of ether oxygens (including phenoxy) is 1. The van der Waals surface area contributed by atoms with Gasteiger partial charge in [-0.15, -0.1) is 0 Å². The Bertz CT molecular complexity index is 1440. The predicted octanol–water partition coefficient (Wildman–Crippen LogP) is 5.19. The van der Waals surface area contributed by atoms with Gasteiger partial charge in [-0.1, -0.05) is 26.3 Å². The molecule has 1 aromatic heterocycles. The van der Waals surface area contributed by atoms with Crippen molar-refractivity contribution in [1.82, 2.24) is 15.2 Å². The average Bonchev–Trinajstić information content (AvgIpc) is 3.05. The van der Waals surface area contributed by atoms with Crippen molar-refractivity contribution in [3.8, 4) is 0 Å². The zero-order valence-electron chi connectivity index (χ0n) is 28.8. The Morgan fingerprint density at radius 2 is 1.91 bits per heavy atom. The number of aryl methyl sites for hydroxylation is 2. The molecule has 2 unspecified atom stereocenters. The van der Waals surface area contributed by atoms with Crippen molar-refractivity contribution in [1.29, 1.82) is 0 Å². The van der Waals surface area contributed by atoms with Crippen LogP contribution in [0.25, 0.3) is 5.57 Å². The summed E-state index contributed by atoms with van der Waals surface area (Å²) in [4.78, 5) is 38.9. The van der Waals surface area contributed by atoms with Crippen LogP contribution in [0.5, 0.6) is 0 Å². The van der Waals surface area contributed by atoms with Crippen LogP contribution in [0.15, 0.2) is 34.1 Å². The number of anilines is 1. The van der Waals surface area contributed by atoms with Gasteiger partial charge in [-0.25, -0.2) is 0 Å². The number of hydrogen-bond acceptors (Lipinski definition) is 7. The molecule has 1 saturated heterocycles. The van der Waals surface area contributed by atoms with Crippen molar-refractivity contribution in [3.63, 3.8) is 0 Å². The fourth-order valence-corrected chi connectivity index (χ4v) is 6.65. The second-order valence-electron chi connectivity index (χ2n) is 13.2. The Hall–Kier alpha value is -3.27. The molecule has 0 radical (unpaired) electrons. The van der Waals surface area contributed by atoms with Gasteiger partial charge in [-0.3, -0.25) is 14.6 Å². The third-order valence-corrected chi connectivity index (χ3v) is 9.78. The summed E-state index contributed by atoms with van der Waals surface area (Å²) < 4.78 is 5.63. The molecular formula is C37H55N5O4. The number of allylic oxidation sites excluding steroid dienone is 1. The molecule has 4 rings (SSSR count). The summed E-state index contributed by atoms with van der Waals surface area (Å²) in [5.74, 6) is 0.218. The van der Waals surface area contributed by atoms with Crippen LogP contribution >= 0.6 is 0 Å². The van der Waals surface area contributed by atoms with Crippen molar-refractivity contribution >= 4 is 23.4 Å².